The Kier molecular flexibility index (Phi) is 4.79. The second kappa shape index (κ2) is 6.81. The number of hydrogen-bond donors (Lipinski definition) is 1. The van der Waals surface area contributed by atoms with Crippen molar-refractivity contribution in [2.75, 3.05) is 30.4 Å². The van der Waals surface area contributed by atoms with Gasteiger partial charge in [0.2, 0.25) is 0 Å². The number of halogens is 1. The molecule has 4 heteroatoms. The van der Waals surface area contributed by atoms with Gasteiger partial charge in [0.15, 0.2) is 0 Å². The van der Waals surface area contributed by atoms with Gasteiger partial charge in [-0.25, -0.2) is 0 Å². The van der Waals surface area contributed by atoms with Gasteiger partial charge in [-0.05, 0) is 29.2 Å². The van der Waals surface area contributed by atoms with Crippen LogP contribution in [0.1, 0.15) is 16.7 Å². The minimum Gasteiger partial charge on any atom is -0.384 e. The summed E-state index contributed by atoms with van der Waals surface area (Å²) in [6.45, 7) is 2.95. The third-order valence-electron chi connectivity index (χ3n) is 4.83. The van der Waals surface area contributed by atoms with Crippen LogP contribution in [0.25, 0.3) is 0 Å². The molecule has 0 saturated heterocycles. The number of benzene rings is 2. The Morgan fingerprint density at radius 1 is 1.13 bits per heavy atom. The van der Waals surface area contributed by atoms with Crippen LogP contribution in [0.5, 0.6) is 0 Å². The molecule has 0 bridgehead atoms. The topological polar surface area (TPSA) is 24.5 Å². The second-order valence-electron chi connectivity index (χ2n) is 6.20. The van der Waals surface area contributed by atoms with Crippen LogP contribution in [0.2, 0.25) is 0 Å². The summed E-state index contributed by atoms with van der Waals surface area (Å²) in [4.78, 5) is 2.46. The third kappa shape index (κ3) is 3.04. The van der Waals surface area contributed by atoms with Crippen LogP contribution in [0.3, 0.4) is 0 Å². The van der Waals surface area contributed by atoms with Crippen LogP contribution >= 0.6 is 12.4 Å². The summed E-state index contributed by atoms with van der Waals surface area (Å²) in [5, 5.41) is 3.55. The molecule has 2 aliphatic rings. The largest absolute Gasteiger partial charge is 0.384 e. The lowest BCUT2D eigenvalue weighted by molar-refractivity contribution is 0.104. The van der Waals surface area contributed by atoms with Gasteiger partial charge in [0.25, 0.3) is 0 Å². The smallest absolute Gasteiger partial charge is 0.0787 e. The first kappa shape index (κ1) is 16.2. The van der Waals surface area contributed by atoms with Crippen LogP contribution in [-0.4, -0.2) is 26.3 Å². The minimum atomic E-state index is 0. The fourth-order valence-electron chi connectivity index (χ4n) is 3.70. The molecule has 1 unspecified atom stereocenters. The average Bonchev–Trinajstić information content (AvgIpc) is 3.04. The van der Waals surface area contributed by atoms with E-state index in [9.17, 15) is 0 Å². The lowest BCUT2D eigenvalue weighted by Crippen LogP contribution is -2.39. The summed E-state index contributed by atoms with van der Waals surface area (Å²) < 4.78 is 5.65. The predicted molar refractivity (Wildman–Crippen MR) is 97.9 cm³/mol. The van der Waals surface area contributed by atoms with Crippen LogP contribution in [0.4, 0.5) is 11.4 Å². The summed E-state index contributed by atoms with van der Waals surface area (Å²) >= 11 is 0. The Balaban J connectivity index is 0.00000156. The molecule has 0 aromatic heterocycles. The van der Waals surface area contributed by atoms with E-state index in [4.69, 9.17) is 4.74 Å². The van der Waals surface area contributed by atoms with Gasteiger partial charge in [-0.1, -0.05) is 36.4 Å². The molecule has 0 spiro atoms. The Morgan fingerprint density at radius 2 is 1.96 bits per heavy atom. The Hall–Kier alpha value is -1.71. The van der Waals surface area contributed by atoms with Gasteiger partial charge >= 0.3 is 0 Å². The van der Waals surface area contributed by atoms with Gasteiger partial charge in [0.05, 0.1) is 6.10 Å². The van der Waals surface area contributed by atoms with E-state index in [1.165, 1.54) is 28.1 Å². The summed E-state index contributed by atoms with van der Waals surface area (Å²) in [7, 11) is 1.82. The Bertz CT molecular complexity index is 689. The fraction of sp³-hybridized carbons (Fsp3) is 0.368. The van der Waals surface area contributed by atoms with Gasteiger partial charge in [-0.2, -0.15) is 0 Å². The second-order valence-corrected chi connectivity index (χ2v) is 6.20. The van der Waals surface area contributed by atoms with Gasteiger partial charge in [-0.15, -0.1) is 12.4 Å². The maximum Gasteiger partial charge on any atom is 0.0787 e. The number of hydrogen-bond acceptors (Lipinski definition) is 3. The molecule has 3 nitrogen and oxygen atoms in total. The number of nitrogens with zero attached hydrogens (tertiary/aromatic N) is 1. The number of anilines is 2. The van der Waals surface area contributed by atoms with Gasteiger partial charge in [0.1, 0.15) is 0 Å². The highest BCUT2D eigenvalue weighted by Crippen LogP contribution is 2.32. The molecule has 2 aromatic carbocycles. The summed E-state index contributed by atoms with van der Waals surface area (Å²) in [5.41, 5.74) is 6.93. The number of fused-ring (bicyclic) bond motifs is 2. The fourth-order valence-corrected chi connectivity index (χ4v) is 3.70. The molecule has 4 rings (SSSR count). The molecule has 1 atom stereocenters. The lowest BCUT2D eigenvalue weighted by atomic mass is 9.98. The lowest BCUT2D eigenvalue weighted by Gasteiger charge is -2.36. The number of methoxy groups -OCH3 is 1. The molecule has 2 aromatic rings. The molecule has 0 fully saturated rings. The van der Waals surface area contributed by atoms with E-state index in [1.54, 1.807) is 0 Å². The zero-order valence-electron chi connectivity index (χ0n) is 13.4. The van der Waals surface area contributed by atoms with Gasteiger partial charge in [0, 0.05) is 44.5 Å². The molecule has 0 saturated carbocycles. The van der Waals surface area contributed by atoms with E-state index in [0.29, 0.717) is 0 Å². The zero-order chi connectivity index (χ0) is 14.9. The molecular weight excluding hydrogens is 308 g/mol. The molecule has 23 heavy (non-hydrogen) atoms. The first-order valence-electron chi connectivity index (χ1n) is 8.05. The van der Waals surface area contributed by atoms with Crippen LogP contribution < -0.4 is 10.2 Å². The van der Waals surface area contributed by atoms with E-state index >= 15 is 0 Å². The quantitative estimate of drug-likeness (QED) is 0.929. The van der Waals surface area contributed by atoms with Crippen molar-refractivity contribution >= 4 is 23.8 Å². The molecule has 2 heterocycles. The van der Waals surface area contributed by atoms with Crippen molar-refractivity contribution in [1.82, 2.24) is 0 Å². The monoisotopic (exact) mass is 330 g/mol. The Labute approximate surface area is 144 Å². The maximum absolute atomic E-state index is 5.65. The molecule has 0 radical (unpaired) electrons. The standard InChI is InChI=1S/C19H22N2O.ClH/c1-22-17-11-15-5-2-3-8-18(15)21(13-17)12-16-7-4-6-14-9-10-20-19(14)16;/h2-8,17,20H,9-13H2,1H3;1H. The Morgan fingerprint density at radius 3 is 2.83 bits per heavy atom. The van der Waals surface area contributed by atoms with E-state index < -0.39 is 0 Å². The van der Waals surface area contributed by atoms with E-state index in [2.05, 4.69) is 52.7 Å². The molecular formula is C19H23ClN2O. The molecule has 1 N–H and O–H groups in total. The summed E-state index contributed by atoms with van der Waals surface area (Å²) in [6.07, 6.45) is 2.43. The molecule has 0 amide bonds. The normalized spacial score (nSPS) is 18.7. The van der Waals surface area contributed by atoms with Crippen molar-refractivity contribution in [1.29, 1.82) is 0 Å². The van der Waals surface area contributed by atoms with Crippen LogP contribution in [0, 0.1) is 0 Å². The van der Waals surface area contributed by atoms with Crippen molar-refractivity contribution in [2.24, 2.45) is 0 Å². The van der Waals surface area contributed by atoms with E-state index in [0.717, 1.165) is 32.5 Å². The van der Waals surface area contributed by atoms with Crippen molar-refractivity contribution in [3.05, 3.63) is 59.2 Å². The zero-order valence-corrected chi connectivity index (χ0v) is 14.2. The number of para-hydroxylation sites is 2. The van der Waals surface area contributed by atoms with Gasteiger partial charge < -0.3 is 15.0 Å². The highest BCUT2D eigenvalue weighted by molar-refractivity contribution is 5.85. The molecule has 2 aliphatic heterocycles. The number of ether oxygens (including phenoxy) is 1. The number of rotatable bonds is 3. The van der Waals surface area contributed by atoms with Crippen molar-refractivity contribution < 1.29 is 4.74 Å². The van der Waals surface area contributed by atoms with E-state index in [1.807, 2.05) is 7.11 Å². The molecule has 122 valence electrons. The third-order valence-corrected chi connectivity index (χ3v) is 4.83. The average molecular weight is 331 g/mol. The highest BCUT2D eigenvalue weighted by atomic mass is 35.5. The van der Waals surface area contributed by atoms with Crippen molar-refractivity contribution in [2.45, 2.75) is 25.5 Å². The summed E-state index contributed by atoms with van der Waals surface area (Å²) in [6, 6.07) is 15.4. The first-order valence-corrected chi connectivity index (χ1v) is 8.05. The van der Waals surface area contributed by atoms with E-state index in [-0.39, 0.29) is 18.5 Å². The summed E-state index contributed by atoms with van der Waals surface area (Å²) in [5.74, 6) is 0. The van der Waals surface area contributed by atoms with Crippen molar-refractivity contribution in [3.8, 4) is 0 Å². The first-order chi connectivity index (χ1) is 10.8. The SMILES string of the molecule is COC1Cc2ccccc2N(Cc2cccc3c2NCC3)C1.Cl. The van der Waals surface area contributed by atoms with Crippen molar-refractivity contribution in [3.63, 3.8) is 0 Å². The predicted octanol–water partition coefficient (Wildman–Crippen LogP) is 3.65. The minimum absolute atomic E-state index is 0. The molecule has 0 aliphatic carbocycles. The number of nitrogens with one attached hydrogen (secondary N) is 1. The van der Waals surface area contributed by atoms with Crippen LogP contribution in [0.15, 0.2) is 42.5 Å². The maximum atomic E-state index is 5.65. The van der Waals surface area contributed by atoms with Gasteiger partial charge in [-0.3, -0.25) is 0 Å². The van der Waals surface area contributed by atoms with Crippen LogP contribution in [-0.2, 0) is 24.1 Å². The highest BCUT2D eigenvalue weighted by Gasteiger charge is 2.25.